The van der Waals surface area contributed by atoms with Crippen LogP contribution < -0.4 is 10.2 Å². The number of benzene rings is 2. The van der Waals surface area contributed by atoms with Crippen molar-refractivity contribution >= 4 is 23.3 Å². The normalized spacial score (nSPS) is 18.8. The highest BCUT2D eigenvalue weighted by Gasteiger charge is 2.41. The average molecular weight is 526 g/mol. The van der Waals surface area contributed by atoms with Crippen molar-refractivity contribution in [3.05, 3.63) is 77.1 Å². The Balaban J connectivity index is 1.44. The lowest BCUT2D eigenvalue weighted by molar-refractivity contribution is -0.147. The molecular weight excluding hydrogens is 499 g/mol. The summed E-state index contributed by atoms with van der Waals surface area (Å²) in [7, 11) is 1.40. The van der Waals surface area contributed by atoms with Gasteiger partial charge >= 0.3 is 12.1 Å². The molecule has 38 heavy (non-hydrogen) atoms. The predicted octanol–water partition coefficient (Wildman–Crippen LogP) is 4.88. The number of nitrogens with zero attached hydrogens (tertiary/aromatic N) is 2. The number of ether oxygens (including phenoxy) is 2. The summed E-state index contributed by atoms with van der Waals surface area (Å²) in [5.74, 6) is -1.23. The molecule has 2 aromatic carbocycles. The highest BCUT2D eigenvalue weighted by Crippen LogP contribution is 2.39. The molecule has 1 saturated heterocycles. The van der Waals surface area contributed by atoms with E-state index in [-0.39, 0.29) is 23.5 Å². The van der Waals surface area contributed by atoms with Gasteiger partial charge in [0.25, 0.3) is 5.91 Å². The fourth-order valence-electron chi connectivity index (χ4n) is 5.13. The minimum Gasteiger partial charge on any atom is -0.469 e. The molecule has 2 aliphatic heterocycles. The molecule has 3 heterocycles. The smallest absolute Gasteiger partial charge is 0.433 e. The summed E-state index contributed by atoms with van der Waals surface area (Å²) >= 11 is 0. The number of carbonyl (C=O) groups is 2. The zero-order chi connectivity index (χ0) is 27.0. The second-order valence-electron chi connectivity index (χ2n) is 9.42. The predicted molar refractivity (Wildman–Crippen MR) is 135 cm³/mol. The zero-order valence-electron chi connectivity index (χ0n) is 20.8. The van der Waals surface area contributed by atoms with E-state index in [1.807, 2.05) is 25.1 Å². The van der Waals surface area contributed by atoms with Gasteiger partial charge in [-0.1, -0.05) is 18.2 Å². The fourth-order valence-corrected chi connectivity index (χ4v) is 5.13. The van der Waals surface area contributed by atoms with Crippen molar-refractivity contribution in [1.82, 2.24) is 4.98 Å². The Bertz CT molecular complexity index is 1390. The summed E-state index contributed by atoms with van der Waals surface area (Å²) < 4.78 is 49.8. The number of aryl methyl sites for hydroxylation is 1. The van der Waals surface area contributed by atoms with E-state index in [0.29, 0.717) is 31.9 Å². The average Bonchev–Trinajstić information content (AvgIpc) is 2.92. The van der Waals surface area contributed by atoms with E-state index in [0.717, 1.165) is 40.2 Å². The van der Waals surface area contributed by atoms with E-state index in [9.17, 15) is 22.8 Å². The summed E-state index contributed by atoms with van der Waals surface area (Å²) in [4.78, 5) is 30.7. The van der Waals surface area contributed by atoms with Crippen molar-refractivity contribution in [3.8, 4) is 11.1 Å². The molecule has 0 spiro atoms. The molecule has 1 aromatic heterocycles. The first-order valence-electron chi connectivity index (χ1n) is 12.2. The van der Waals surface area contributed by atoms with E-state index in [2.05, 4.69) is 21.3 Å². The highest BCUT2D eigenvalue weighted by atomic mass is 19.4. The Morgan fingerprint density at radius 1 is 1.13 bits per heavy atom. The largest absolute Gasteiger partial charge is 0.469 e. The lowest BCUT2D eigenvalue weighted by Gasteiger charge is -2.45. The van der Waals surface area contributed by atoms with Gasteiger partial charge in [0.2, 0.25) is 0 Å². The number of carbonyl (C=O) groups excluding carboxylic acids is 2. The van der Waals surface area contributed by atoms with Crippen LogP contribution in [0.3, 0.4) is 0 Å². The summed E-state index contributed by atoms with van der Waals surface area (Å²) in [6.07, 6.45) is -3.13. The molecule has 0 unspecified atom stereocenters. The molecule has 198 valence electrons. The maximum Gasteiger partial charge on any atom is 0.433 e. The maximum absolute atomic E-state index is 13.0. The first-order chi connectivity index (χ1) is 18.2. The number of fused-ring (bicyclic) bond motifs is 3. The van der Waals surface area contributed by atoms with Gasteiger partial charge in [-0.2, -0.15) is 13.2 Å². The van der Waals surface area contributed by atoms with Crippen LogP contribution in [0.1, 0.15) is 27.2 Å². The van der Waals surface area contributed by atoms with Crippen LogP contribution in [0.4, 0.5) is 24.5 Å². The van der Waals surface area contributed by atoms with E-state index < -0.39 is 17.8 Å². The van der Waals surface area contributed by atoms with Crippen molar-refractivity contribution in [2.45, 2.75) is 25.6 Å². The standard InChI is InChI=1S/C28H26F3N3O4/c1-16-3-6-20(33-26(35)19-7-8-32-25(13-19)28(29,30)31)14-21(16)17-4-5-18-11-22(27(36)37-2)24-15-38-10-9-34(24)23(18)12-17/h3-8,12-14,22,24H,9-11,15H2,1-2H3,(H,33,35)/t22-,24-/m0/s1. The van der Waals surface area contributed by atoms with Crippen LogP contribution in [0.15, 0.2) is 54.7 Å². The van der Waals surface area contributed by atoms with E-state index in [4.69, 9.17) is 9.47 Å². The molecule has 0 radical (unpaired) electrons. The Morgan fingerprint density at radius 3 is 2.71 bits per heavy atom. The van der Waals surface area contributed by atoms with Crippen LogP contribution in [0, 0.1) is 12.8 Å². The van der Waals surface area contributed by atoms with E-state index in [1.54, 1.807) is 12.1 Å². The second kappa shape index (κ2) is 10.1. The molecule has 3 aromatic rings. The number of nitrogens with one attached hydrogen (secondary N) is 1. The molecule has 5 rings (SSSR count). The van der Waals surface area contributed by atoms with Crippen LogP contribution in [0.2, 0.25) is 0 Å². The van der Waals surface area contributed by atoms with Crippen molar-refractivity contribution in [2.75, 3.05) is 37.1 Å². The van der Waals surface area contributed by atoms with Gasteiger partial charge in [-0.3, -0.25) is 14.6 Å². The van der Waals surface area contributed by atoms with Crippen molar-refractivity contribution in [1.29, 1.82) is 0 Å². The summed E-state index contributed by atoms with van der Waals surface area (Å²) in [6, 6.07) is 13.3. The first kappa shape index (κ1) is 25.7. The summed E-state index contributed by atoms with van der Waals surface area (Å²) in [6.45, 7) is 3.59. The Labute approximate surface area is 217 Å². The van der Waals surface area contributed by atoms with Crippen molar-refractivity contribution < 1.29 is 32.2 Å². The fraction of sp³-hybridized carbons (Fsp3) is 0.321. The van der Waals surface area contributed by atoms with Crippen LogP contribution in [-0.4, -0.2) is 49.8 Å². The third-order valence-electron chi connectivity index (χ3n) is 7.09. The quantitative estimate of drug-likeness (QED) is 0.490. The molecule has 2 aliphatic rings. The van der Waals surface area contributed by atoms with Gasteiger partial charge in [0.05, 0.1) is 32.3 Å². The monoisotopic (exact) mass is 525 g/mol. The molecule has 1 N–H and O–H groups in total. The molecule has 2 atom stereocenters. The number of esters is 1. The van der Waals surface area contributed by atoms with Crippen LogP contribution >= 0.6 is 0 Å². The molecular formula is C28H26F3N3O4. The number of alkyl halides is 3. The number of amides is 1. The van der Waals surface area contributed by atoms with Gasteiger partial charge in [-0.15, -0.1) is 0 Å². The topological polar surface area (TPSA) is 80.8 Å². The number of anilines is 2. The number of morpholine rings is 1. The maximum atomic E-state index is 13.0. The van der Waals surface area contributed by atoms with Gasteiger partial charge < -0.3 is 19.7 Å². The van der Waals surface area contributed by atoms with Crippen LogP contribution in [-0.2, 0) is 26.9 Å². The van der Waals surface area contributed by atoms with Crippen molar-refractivity contribution in [2.24, 2.45) is 5.92 Å². The Morgan fingerprint density at radius 2 is 1.95 bits per heavy atom. The number of hydrogen-bond acceptors (Lipinski definition) is 6. The van der Waals surface area contributed by atoms with Gasteiger partial charge in [0.15, 0.2) is 0 Å². The molecule has 0 aliphatic carbocycles. The molecule has 0 bridgehead atoms. The van der Waals surface area contributed by atoms with Crippen LogP contribution in [0.5, 0.6) is 0 Å². The minimum atomic E-state index is -4.64. The number of hydrogen-bond donors (Lipinski definition) is 1. The Kier molecular flexibility index (Phi) is 6.83. The molecule has 10 heteroatoms. The Hall–Kier alpha value is -3.92. The lowest BCUT2D eigenvalue weighted by Crippen LogP contribution is -2.55. The number of pyridine rings is 1. The summed E-state index contributed by atoms with van der Waals surface area (Å²) in [5.41, 5.74) is 4.02. The number of methoxy groups -OCH3 is 1. The molecule has 1 fully saturated rings. The minimum absolute atomic E-state index is 0.118. The van der Waals surface area contributed by atoms with E-state index in [1.165, 1.54) is 13.2 Å². The zero-order valence-corrected chi connectivity index (χ0v) is 20.8. The number of rotatable bonds is 4. The third-order valence-corrected chi connectivity index (χ3v) is 7.09. The molecule has 7 nitrogen and oxygen atoms in total. The second-order valence-corrected chi connectivity index (χ2v) is 9.42. The third kappa shape index (κ3) is 4.96. The first-order valence-corrected chi connectivity index (χ1v) is 12.2. The molecule has 1 amide bonds. The van der Waals surface area contributed by atoms with E-state index >= 15 is 0 Å². The summed E-state index contributed by atoms with van der Waals surface area (Å²) in [5, 5.41) is 2.69. The molecule has 0 saturated carbocycles. The van der Waals surface area contributed by atoms with Crippen molar-refractivity contribution in [3.63, 3.8) is 0 Å². The van der Waals surface area contributed by atoms with Gasteiger partial charge in [0, 0.05) is 29.7 Å². The van der Waals surface area contributed by atoms with Gasteiger partial charge in [-0.05, 0) is 65.9 Å². The number of aromatic nitrogens is 1. The lowest BCUT2D eigenvalue weighted by atomic mass is 9.84. The number of halogens is 3. The van der Waals surface area contributed by atoms with Gasteiger partial charge in [0.1, 0.15) is 5.69 Å². The highest BCUT2D eigenvalue weighted by molar-refractivity contribution is 6.04. The SMILES string of the molecule is COC(=O)[C@H]1Cc2ccc(-c3cc(NC(=O)c4ccnc(C(F)(F)F)c4)ccc3C)cc2N2CCOC[C@@H]12. The van der Waals surface area contributed by atoms with Gasteiger partial charge in [-0.25, -0.2) is 0 Å². The van der Waals surface area contributed by atoms with Crippen LogP contribution in [0.25, 0.3) is 11.1 Å².